The zero-order valence-corrected chi connectivity index (χ0v) is 45.5. The average Bonchev–Trinajstić information content (AvgIpc) is 4.25. The summed E-state index contributed by atoms with van der Waals surface area (Å²) >= 11 is 0. The standard InChI is InChI=1S/C58H77N9O10/c1-8-30(3)40-29-66(46(31(40)4)52(73)65-58(26-35(58)9-2)48(69)53(74)61-36-19-20-36)56(77)47(57(5,6)7)64-51(72)45(33-14-11-10-12-15-33)63-49(70)42-28-59-41(27-60-42)37-17-13-16-34(37)24-32-18-21-38-39(25-32)55(76)67(54(38)75)43-22-23-44(68)62-50(43)71/h18,21,25,27-28,31,33-37,40,43,45-48,69H,3,8-17,19-20,22-24,26,29H2,1-2,4-7H3,(H,61,74)(H,63,70)(H,64,72)(H,65,73)(H,62,68,71)/t31-,34?,35+,37?,40+,43?,45-,46-,47+,48?,58?/m0/s1. The van der Waals surface area contributed by atoms with E-state index in [1.165, 1.54) is 6.20 Å². The van der Waals surface area contributed by atoms with Gasteiger partial charge in [0.2, 0.25) is 29.5 Å². The Balaban J connectivity index is 0.886. The highest BCUT2D eigenvalue weighted by Gasteiger charge is 2.63. The Labute approximate surface area is 450 Å². The van der Waals surface area contributed by atoms with Crippen LogP contribution in [0.5, 0.6) is 0 Å². The van der Waals surface area contributed by atoms with Gasteiger partial charge in [0.1, 0.15) is 29.9 Å². The maximum Gasteiger partial charge on any atom is 0.272 e. The molecule has 1 aromatic heterocycles. The van der Waals surface area contributed by atoms with Crippen LogP contribution >= 0.6 is 0 Å². The molecule has 2 saturated heterocycles. The van der Waals surface area contributed by atoms with Crippen molar-refractivity contribution in [1.29, 1.82) is 0 Å². The minimum absolute atomic E-state index is 0.00878. The third-order valence-corrected chi connectivity index (χ3v) is 18.1. The Morgan fingerprint density at radius 3 is 2.25 bits per heavy atom. The van der Waals surface area contributed by atoms with Gasteiger partial charge in [-0.1, -0.05) is 91.9 Å². The summed E-state index contributed by atoms with van der Waals surface area (Å²) in [5.41, 5.74) is 0.891. The van der Waals surface area contributed by atoms with Crippen LogP contribution in [0.15, 0.2) is 42.7 Å². The number of imide groups is 2. The number of fused-ring (bicyclic) bond motifs is 1. The lowest BCUT2D eigenvalue weighted by molar-refractivity contribution is -0.146. The van der Waals surface area contributed by atoms with E-state index in [4.69, 9.17) is 4.98 Å². The SMILES string of the molecule is C=C(CC)[C@H]1CN(C(=O)[C@@H](NC(=O)[C@@H](NC(=O)c2cnc(C3CCCC3Cc3ccc4c(c3)C(=O)N(C3CCC(=O)NC3=O)C4=O)cn2)C2CCCCC2)C(C)(C)C)[C@H](C(=O)NC2(C(O)C(=O)NC3CC3)C[C@H]2CC)[C@H]1C. The van der Waals surface area contributed by atoms with Crippen LogP contribution in [-0.2, 0) is 35.2 Å². The lowest BCUT2D eigenvalue weighted by Gasteiger charge is -2.38. The van der Waals surface area contributed by atoms with Crippen molar-refractivity contribution in [2.24, 2.45) is 35.0 Å². The molecule has 0 spiro atoms. The molecule has 0 bridgehead atoms. The molecule has 19 nitrogen and oxygen atoms in total. The number of aromatic nitrogens is 2. The maximum atomic E-state index is 15.2. The summed E-state index contributed by atoms with van der Waals surface area (Å²) in [6, 6.07) is 1.02. The van der Waals surface area contributed by atoms with Gasteiger partial charge in [-0.05, 0) is 111 Å². The van der Waals surface area contributed by atoms with Gasteiger partial charge in [-0.25, -0.2) is 4.98 Å². The summed E-state index contributed by atoms with van der Waals surface area (Å²) in [6.07, 6.45) is 12.4. The number of benzene rings is 1. The number of carbonyl (C=O) groups excluding carboxylic acids is 9. The molecule has 7 aliphatic rings. The zero-order chi connectivity index (χ0) is 55.2. The van der Waals surface area contributed by atoms with Crippen molar-refractivity contribution in [2.75, 3.05) is 6.54 Å². The Morgan fingerprint density at radius 2 is 1.61 bits per heavy atom. The number of amides is 9. The first kappa shape index (κ1) is 55.4. The quantitative estimate of drug-likeness (QED) is 0.0886. The first-order valence-electron chi connectivity index (χ1n) is 28.2. The van der Waals surface area contributed by atoms with Gasteiger partial charge in [0.15, 0.2) is 6.10 Å². The molecule has 414 valence electrons. The topological polar surface area (TPSA) is 266 Å². The highest BCUT2D eigenvalue weighted by atomic mass is 16.3. The normalized spacial score (nSPS) is 28.5. The molecule has 19 heteroatoms. The van der Waals surface area contributed by atoms with Crippen molar-refractivity contribution in [3.63, 3.8) is 0 Å². The fourth-order valence-corrected chi connectivity index (χ4v) is 13.2. The average molecular weight is 1060 g/mol. The van der Waals surface area contributed by atoms with Crippen LogP contribution in [0.4, 0.5) is 0 Å². The Kier molecular flexibility index (Phi) is 15.9. The lowest BCUT2D eigenvalue weighted by Crippen LogP contribution is -2.63. The fraction of sp³-hybridized carbons (Fsp3) is 0.638. The van der Waals surface area contributed by atoms with Gasteiger partial charge in [0.05, 0.1) is 28.6 Å². The number of aliphatic hydroxyl groups is 1. The summed E-state index contributed by atoms with van der Waals surface area (Å²) in [7, 11) is 0. The third kappa shape index (κ3) is 11.2. The van der Waals surface area contributed by atoms with Gasteiger partial charge in [-0.2, -0.15) is 0 Å². The van der Waals surface area contributed by atoms with E-state index < -0.39 is 94.4 Å². The van der Waals surface area contributed by atoms with Crippen molar-refractivity contribution < 1.29 is 48.3 Å². The first-order chi connectivity index (χ1) is 36.6. The van der Waals surface area contributed by atoms with E-state index >= 15 is 4.79 Å². The predicted octanol–water partition coefficient (Wildman–Crippen LogP) is 4.57. The molecule has 6 N–H and O–H groups in total. The number of nitrogens with one attached hydrogen (secondary N) is 5. The molecule has 4 aliphatic carbocycles. The summed E-state index contributed by atoms with van der Waals surface area (Å²) in [6.45, 7) is 15.9. The predicted molar refractivity (Wildman–Crippen MR) is 282 cm³/mol. The maximum absolute atomic E-state index is 15.2. The summed E-state index contributed by atoms with van der Waals surface area (Å²) in [5.74, 6) is -5.61. The molecule has 2 aromatic rings. The number of hydrogen-bond donors (Lipinski definition) is 6. The van der Waals surface area contributed by atoms with Gasteiger partial charge in [-0.3, -0.25) is 58.4 Å². The van der Waals surface area contributed by atoms with Gasteiger partial charge in [-0.15, -0.1) is 0 Å². The number of aliphatic hydroxyl groups excluding tert-OH is 1. The van der Waals surface area contributed by atoms with Crippen LogP contribution in [0, 0.1) is 35.0 Å². The van der Waals surface area contributed by atoms with E-state index in [1.54, 1.807) is 23.2 Å². The third-order valence-electron chi connectivity index (χ3n) is 18.1. The van der Waals surface area contributed by atoms with E-state index in [0.29, 0.717) is 44.2 Å². The molecule has 9 rings (SSSR count). The number of rotatable bonds is 18. The minimum Gasteiger partial charge on any atom is -0.381 e. The molecule has 1 aromatic carbocycles. The van der Waals surface area contributed by atoms with E-state index in [0.717, 1.165) is 67.4 Å². The molecule has 5 unspecified atom stereocenters. The zero-order valence-electron chi connectivity index (χ0n) is 45.5. The molecule has 77 heavy (non-hydrogen) atoms. The molecule has 4 saturated carbocycles. The number of piperidine rings is 1. The van der Waals surface area contributed by atoms with E-state index in [9.17, 15) is 43.5 Å². The van der Waals surface area contributed by atoms with Crippen LogP contribution < -0.4 is 26.6 Å². The molecule has 9 amide bonds. The van der Waals surface area contributed by atoms with Gasteiger partial charge in [0.25, 0.3) is 23.6 Å². The number of nitrogens with zero attached hydrogens (tertiary/aromatic N) is 4. The largest absolute Gasteiger partial charge is 0.381 e. The van der Waals surface area contributed by atoms with Crippen molar-refractivity contribution in [3.05, 3.63) is 70.8 Å². The van der Waals surface area contributed by atoms with Crippen LogP contribution in [0.2, 0.25) is 0 Å². The monoisotopic (exact) mass is 1060 g/mol. The molecule has 3 aliphatic heterocycles. The van der Waals surface area contributed by atoms with Gasteiger partial charge >= 0.3 is 0 Å². The minimum atomic E-state index is -1.46. The number of hydrogen-bond acceptors (Lipinski definition) is 12. The highest BCUT2D eigenvalue weighted by molar-refractivity contribution is 6.23. The molecule has 0 radical (unpaired) electrons. The van der Waals surface area contributed by atoms with E-state index in [1.807, 2.05) is 47.6 Å². The molecule has 6 fully saturated rings. The van der Waals surface area contributed by atoms with Gasteiger partial charge < -0.3 is 31.3 Å². The molecule has 11 atom stereocenters. The number of carbonyl (C=O) groups is 9. The van der Waals surface area contributed by atoms with Gasteiger partial charge in [0, 0.05) is 37.0 Å². The van der Waals surface area contributed by atoms with Crippen molar-refractivity contribution in [2.45, 2.75) is 192 Å². The second kappa shape index (κ2) is 22.2. The summed E-state index contributed by atoms with van der Waals surface area (Å²) < 4.78 is 0. The fourth-order valence-electron chi connectivity index (χ4n) is 13.2. The second-order valence-corrected chi connectivity index (χ2v) is 24.2. The first-order valence-corrected chi connectivity index (χ1v) is 28.2. The summed E-state index contributed by atoms with van der Waals surface area (Å²) in [4.78, 5) is 135. The highest BCUT2D eigenvalue weighted by Crippen LogP contribution is 2.50. The van der Waals surface area contributed by atoms with Crippen LogP contribution in [-0.4, -0.2) is 126 Å². The van der Waals surface area contributed by atoms with E-state index in [2.05, 4.69) is 38.1 Å². The summed E-state index contributed by atoms with van der Waals surface area (Å²) in [5, 5.41) is 25.7. The van der Waals surface area contributed by atoms with Crippen molar-refractivity contribution in [1.82, 2.24) is 46.4 Å². The Bertz CT molecular complexity index is 2710. The molecule has 4 heterocycles. The lowest BCUT2D eigenvalue weighted by atomic mass is 9.82. The second-order valence-electron chi connectivity index (χ2n) is 24.2. The van der Waals surface area contributed by atoms with E-state index in [-0.39, 0.29) is 77.8 Å². The van der Waals surface area contributed by atoms with Crippen LogP contribution in [0.3, 0.4) is 0 Å². The Hall–Kier alpha value is -6.37. The van der Waals surface area contributed by atoms with Crippen molar-refractivity contribution >= 4 is 53.2 Å². The smallest absolute Gasteiger partial charge is 0.272 e. The molecular weight excluding hydrogens is 983 g/mol. The van der Waals surface area contributed by atoms with Crippen molar-refractivity contribution in [3.8, 4) is 0 Å². The van der Waals surface area contributed by atoms with Crippen LogP contribution in [0.25, 0.3) is 0 Å². The number of likely N-dealkylation sites (tertiary alicyclic amines) is 1. The Morgan fingerprint density at radius 1 is 0.883 bits per heavy atom. The van der Waals surface area contributed by atoms with Crippen LogP contribution in [0.1, 0.15) is 186 Å². The molecular formula is C58H77N9O10.